The first kappa shape index (κ1) is 8.07. The zero-order valence-corrected chi connectivity index (χ0v) is 7.12. The molecule has 0 aliphatic heterocycles. The van der Waals surface area contributed by atoms with Gasteiger partial charge in [-0.3, -0.25) is 0 Å². The Bertz CT molecular complexity index is 422. The molecular weight excluding hydrogens is 166 g/mol. The lowest BCUT2D eigenvalue weighted by Gasteiger charge is -1.96. The monoisotopic (exact) mass is 177 g/mol. The van der Waals surface area contributed by atoms with E-state index in [0.717, 1.165) is 16.5 Å². The van der Waals surface area contributed by atoms with Gasteiger partial charge in [-0.2, -0.15) is 0 Å². The molecule has 4 N–H and O–H groups in total. The molecular formula is C9H11N3O. The van der Waals surface area contributed by atoms with Crippen molar-refractivity contribution >= 4 is 16.7 Å². The number of nitrogens with zero attached hydrogens (tertiary/aromatic N) is 1. The Morgan fingerprint density at radius 1 is 1.54 bits per heavy atom. The second-order valence-electron chi connectivity index (χ2n) is 2.91. The van der Waals surface area contributed by atoms with Crippen LogP contribution >= 0.6 is 0 Å². The fourth-order valence-corrected chi connectivity index (χ4v) is 1.46. The van der Waals surface area contributed by atoms with Crippen molar-refractivity contribution in [3.63, 3.8) is 0 Å². The van der Waals surface area contributed by atoms with Gasteiger partial charge in [0, 0.05) is 24.4 Å². The molecule has 2 aromatic rings. The number of nitrogen functional groups attached to an aromatic ring is 1. The Morgan fingerprint density at radius 2 is 2.38 bits per heavy atom. The predicted molar refractivity (Wildman–Crippen MR) is 51.3 cm³/mol. The van der Waals surface area contributed by atoms with Crippen molar-refractivity contribution in [1.29, 1.82) is 0 Å². The van der Waals surface area contributed by atoms with Crippen molar-refractivity contribution in [1.82, 2.24) is 9.97 Å². The molecule has 0 bridgehead atoms. The number of aromatic amines is 1. The maximum Gasteiger partial charge on any atom is 0.147 e. The van der Waals surface area contributed by atoms with E-state index >= 15 is 0 Å². The van der Waals surface area contributed by atoms with Gasteiger partial charge in [-0.1, -0.05) is 0 Å². The van der Waals surface area contributed by atoms with Crippen molar-refractivity contribution in [3.05, 3.63) is 24.0 Å². The second kappa shape index (κ2) is 3.06. The Kier molecular flexibility index (Phi) is 1.90. The molecule has 0 fully saturated rings. The van der Waals surface area contributed by atoms with Gasteiger partial charge < -0.3 is 15.8 Å². The molecule has 2 heterocycles. The highest BCUT2D eigenvalue weighted by Crippen LogP contribution is 2.21. The van der Waals surface area contributed by atoms with Gasteiger partial charge in [0.25, 0.3) is 0 Å². The molecule has 2 aromatic heterocycles. The van der Waals surface area contributed by atoms with Crippen molar-refractivity contribution < 1.29 is 5.11 Å². The highest BCUT2D eigenvalue weighted by molar-refractivity contribution is 5.90. The maximum atomic E-state index is 8.81. The number of fused-ring (bicyclic) bond motifs is 1. The molecule has 0 aromatic carbocycles. The summed E-state index contributed by atoms with van der Waals surface area (Å²) < 4.78 is 0. The third-order valence-corrected chi connectivity index (χ3v) is 2.10. The van der Waals surface area contributed by atoms with Crippen LogP contribution in [-0.4, -0.2) is 21.7 Å². The van der Waals surface area contributed by atoms with E-state index < -0.39 is 0 Å². The maximum absolute atomic E-state index is 8.81. The van der Waals surface area contributed by atoms with Gasteiger partial charge in [0.1, 0.15) is 5.82 Å². The van der Waals surface area contributed by atoms with E-state index in [4.69, 9.17) is 10.8 Å². The van der Waals surface area contributed by atoms with Gasteiger partial charge in [-0.15, -0.1) is 0 Å². The highest BCUT2D eigenvalue weighted by atomic mass is 16.2. The van der Waals surface area contributed by atoms with Crippen LogP contribution < -0.4 is 5.73 Å². The molecule has 0 aliphatic rings. The zero-order chi connectivity index (χ0) is 9.26. The van der Waals surface area contributed by atoms with Crippen LogP contribution in [0.3, 0.4) is 0 Å². The van der Waals surface area contributed by atoms with Crippen LogP contribution in [0.4, 0.5) is 5.82 Å². The SMILES string of the molecule is Nc1nccc2c(CCO)c[nH]c12. The van der Waals surface area contributed by atoms with Crippen molar-refractivity contribution in [2.75, 3.05) is 12.3 Å². The van der Waals surface area contributed by atoms with Crippen molar-refractivity contribution in [2.24, 2.45) is 0 Å². The standard InChI is InChI=1S/C9H11N3O/c10-9-8-7(1-3-11-9)6(2-4-13)5-12-8/h1,3,5,12-13H,2,4H2,(H2,10,11). The number of anilines is 1. The second-order valence-corrected chi connectivity index (χ2v) is 2.91. The Balaban J connectivity index is 2.61. The molecule has 68 valence electrons. The molecule has 0 saturated heterocycles. The van der Waals surface area contributed by atoms with Gasteiger partial charge in [-0.05, 0) is 18.1 Å². The van der Waals surface area contributed by atoms with Crippen LogP contribution in [0.25, 0.3) is 10.9 Å². The minimum absolute atomic E-state index is 0.148. The molecule has 0 radical (unpaired) electrons. The van der Waals surface area contributed by atoms with Gasteiger partial charge >= 0.3 is 0 Å². The number of pyridine rings is 1. The van der Waals surface area contributed by atoms with Gasteiger partial charge in [0.05, 0.1) is 5.52 Å². The Hall–Kier alpha value is -1.55. The lowest BCUT2D eigenvalue weighted by molar-refractivity contribution is 0.300. The normalized spacial score (nSPS) is 10.8. The fourth-order valence-electron chi connectivity index (χ4n) is 1.46. The number of H-pyrrole nitrogens is 1. The van der Waals surface area contributed by atoms with Crippen molar-refractivity contribution in [3.8, 4) is 0 Å². The summed E-state index contributed by atoms with van der Waals surface area (Å²) in [6.07, 6.45) is 4.18. The number of nitrogens with two attached hydrogens (primary N) is 1. The highest BCUT2D eigenvalue weighted by Gasteiger charge is 2.04. The largest absolute Gasteiger partial charge is 0.396 e. The van der Waals surface area contributed by atoms with E-state index in [0.29, 0.717) is 12.2 Å². The number of nitrogens with one attached hydrogen (secondary N) is 1. The first-order valence-corrected chi connectivity index (χ1v) is 4.14. The summed E-state index contributed by atoms with van der Waals surface area (Å²) in [5, 5.41) is 9.85. The van der Waals surface area contributed by atoms with E-state index in [2.05, 4.69) is 9.97 Å². The third kappa shape index (κ3) is 1.25. The molecule has 0 atom stereocenters. The molecule has 0 saturated carbocycles. The summed E-state index contributed by atoms with van der Waals surface area (Å²) in [6.45, 7) is 0.148. The molecule has 2 rings (SSSR count). The van der Waals surface area contributed by atoms with Gasteiger partial charge in [0.15, 0.2) is 0 Å². The minimum atomic E-state index is 0.148. The summed E-state index contributed by atoms with van der Waals surface area (Å²) in [4.78, 5) is 7.01. The first-order chi connectivity index (χ1) is 6.33. The Labute approximate surface area is 75.4 Å². The van der Waals surface area contributed by atoms with Gasteiger partial charge in [0.2, 0.25) is 0 Å². The predicted octanol–water partition coefficient (Wildman–Crippen LogP) is 0.680. The van der Waals surface area contributed by atoms with Crippen LogP contribution in [0.5, 0.6) is 0 Å². The molecule has 4 nitrogen and oxygen atoms in total. The number of hydrogen-bond acceptors (Lipinski definition) is 3. The number of hydrogen-bond donors (Lipinski definition) is 3. The van der Waals surface area contributed by atoms with Crippen LogP contribution in [0.2, 0.25) is 0 Å². The third-order valence-electron chi connectivity index (χ3n) is 2.10. The molecule has 0 aliphatic carbocycles. The average Bonchev–Trinajstić information content (AvgIpc) is 2.51. The summed E-state index contributed by atoms with van der Waals surface area (Å²) in [5.41, 5.74) is 7.59. The first-order valence-electron chi connectivity index (χ1n) is 4.14. The summed E-state index contributed by atoms with van der Waals surface area (Å²) in [7, 11) is 0. The number of aliphatic hydroxyl groups is 1. The molecule has 13 heavy (non-hydrogen) atoms. The van der Waals surface area contributed by atoms with E-state index in [9.17, 15) is 0 Å². The summed E-state index contributed by atoms with van der Waals surface area (Å²) in [6, 6.07) is 1.90. The van der Waals surface area contributed by atoms with Crippen molar-refractivity contribution in [2.45, 2.75) is 6.42 Å². The minimum Gasteiger partial charge on any atom is -0.396 e. The lowest BCUT2D eigenvalue weighted by atomic mass is 10.1. The van der Waals surface area contributed by atoms with Crippen LogP contribution in [0, 0.1) is 0 Å². The van der Waals surface area contributed by atoms with E-state index in [-0.39, 0.29) is 6.61 Å². The number of rotatable bonds is 2. The molecule has 0 unspecified atom stereocenters. The molecule has 0 amide bonds. The molecule has 0 spiro atoms. The topological polar surface area (TPSA) is 74.9 Å². The van der Waals surface area contributed by atoms with E-state index in [1.54, 1.807) is 6.20 Å². The van der Waals surface area contributed by atoms with Crippen LogP contribution in [-0.2, 0) is 6.42 Å². The quantitative estimate of drug-likeness (QED) is 0.631. The summed E-state index contributed by atoms with van der Waals surface area (Å²) >= 11 is 0. The Morgan fingerprint density at radius 3 is 3.15 bits per heavy atom. The van der Waals surface area contributed by atoms with E-state index in [1.165, 1.54) is 0 Å². The van der Waals surface area contributed by atoms with Crippen LogP contribution in [0.1, 0.15) is 5.56 Å². The smallest absolute Gasteiger partial charge is 0.147 e. The average molecular weight is 177 g/mol. The molecule has 4 heteroatoms. The van der Waals surface area contributed by atoms with Crippen LogP contribution in [0.15, 0.2) is 18.5 Å². The lowest BCUT2D eigenvalue weighted by Crippen LogP contribution is -1.91. The van der Waals surface area contributed by atoms with E-state index in [1.807, 2.05) is 12.3 Å². The fraction of sp³-hybridized carbons (Fsp3) is 0.222. The zero-order valence-electron chi connectivity index (χ0n) is 7.12. The number of aliphatic hydroxyl groups excluding tert-OH is 1. The summed E-state index contributed by atoms with van der Waals surface area (Å²) in [5.74, 6) is 0.502. The van der Waals surface area contributed by atoms with Gasteiger partial charge in [-0.25, -0.2) is 4.98 Å². The number of aromatic nitrogens is 2.